The average Bonchev–Trinajstić information content (AvgIpc) is 2.48. The number of nitrogens with zero attached hydrogens (tertiary/aromatic N) is 2. The van der Waals surface area contributed by atoms with Crippen LogP contribution in [0.1, 0.15) is 0 Å². The van der Waals surface area contributed by atoms with Gasteiger partial charge in [-0.1, -0.05) is 18.2 Å². The predicted molar refractivity (Wildman–Crippen MR) is 80.6 cm³/mol. The van der Waals surface area contributed by atoms with E-state index in [1.807, 2.05) is 0 Å². The molecule has 0 aliphatic heterocycles. The van der Waals surface area contributed by atoms with Crippen LogP contribution in [0.15, 0.2) is 68.2 Å². The lowest BCUT2D eigenvalue weighted by atomic mass is 10.3. The summed E-state index contributed by atoms with van der Waals surface area (Å²) < 4.78 is 27.7. The summed E-state index contributed by atoms with van der Waals surface area (Å²) in [7, 11) is 0.684. The number of nitro groups is 1. The molecule has 21 heavy (non-hydrogen) atoms. The predicted octanol–water partition coefficient (Wildman–Crippen LogP) is 3.30. The summed E-state index contributed by atoms with van der Waals surface area (Å²) in [5.41, 5.74) is -0.0988. The van der Waals surface area contributed by atoms with Gasteiger partial charge in [0.25, 0.3) is 15.7 Å². The number of hydrogen-bond donors (Lipinski definition) is 0. The van der Waals surface area contributed by atoms with Crippen LogP contribution in [0.3, 0.4) is 0 Å². The van der Waals surface area contributed by atoms with E-state index in [9.17, 15) is 18.5 Å². The Morgan fingerprint density at radius 2 is 1.62 bits per heavy atom. The Kier molecular flexibility index (Phi) is 4.71. The number of hydrogen-bond acceptors (Lipinski definition) is 4. The van der Waals surface area contributed by atoms with Crippen LogP contribution in [-0.2, 0) is 19.9 Å². The molecule has 0 saturated carbocycles. The Morgan fingerprint density at radius 3 is 2.14 bits per heavy atom. The van der Waals surface area contributed by atoms with Crippen molar-refractivity contribution in [3.05, 3.63) is 64.7 Å². The van der Waals surface area contributed by atoms with Crippen LogP contribution in [0.4, 0.5) is 5.69 Å². The number of benzene rings is 2. The lowest BCUT2D eigenvalue weighted by Gasteiger charge is -2.01. The second-order valence-electron chi connectivity index (χ2n) is 3.85. The highest BCUT2D eigenvalue weighted by Crippen LogP contribution is 2.21. The Hall–Kier alpha value is -1.77. The van der Waals surface area contributed by atoms with Crippen molar-refractivity contribution in [2.75, 3.05) is 0 Å². The SMILES string of the molecule is O=[N+]([O-])c1ccc(S(Cl)=NS(=O)(=O)c2ccccc2)cc1. The first-order chi connectivity index (χ1) is 9.90. The molecule has 0 bridgehead atoms. The van der Waals surface area contributed by atoms with Crippen molar-refractivity contribution in [2.45, 2.75) is 9.79 Å². The van der Waals surface area contributed by atoms with Gasteiger partial charge in [-0.15, -0.1) is 3.77 Å². The maximum absolute atomic E-state index is 12.0. The molecule has 0 saturated heterocycles. The molecular formula is C12H9ClN2O4S2. The number of nitro benzene ring substituents is 1. The van der Waals surface area contributed by atoms with E-state index >= 15 is 0 Å². The zero-order valence-corrected chi connectivity index (χ0v) is 12.8. The second kappa shape index (κ2) is 6.33. The molecule has 1 unspecified atom stereocenters. The summed E-state index contributed by atoms with van der Waals surface area (Å²) in [4.78, 5) is 10.4. The monoisotopic (exact) mass is 344 g/mol. The summed E-state index contributed by atoms with van der Waals surface area (Å²) in [6.07, 6.45) is 0. The number of rotatable bonds is 4. The number of halogens is 1. The van der Waals surface area contributed by atoms with Crippen molar-refractivity contribution in [3.8, 4) is 0 Å². The Morgan fingerprint density at radius 1 is 1.05 bits per heavy atom. The fraction of sp³-hybridized carbons (Fsp3) is 0. The summed E-state index contributed by atoms with van der Waals surface area (Å²) in [6, 6.07) is 13.0. The molecule has 0 aliphatic carbocycles. The van der Waals surface area contributed by atoms with Gasteiger partial charge in [-0.25, -0.2) is 0 Å². The smallest absolute Gasteiger partial charge is 0.258 e. The van der Waals surface area contributed by atoms with Crippen LogP contribution in [0, 0.1) is 10.1 Å². The van der Waals surface area contributed by atoms with Crippen LogP contribution in [0.2, 0.25) is 0 Å². The fourth-order valence-electron chi connectivity index (χ4n) is 1.44. The first kappa shape index (κ1) is 15.6. The van der Waals surface area contributed by atoms with E-state index < -0.39 is 24.9 Å². The van der Waals surface area contributed by atoms with E-state index in [0.29, 0.717) is 4.90 Å². The minimum atomic E-state index is -3.86. The van der Waals surface area contributed by atoms with Crippen molar-refractivity contribution in [1.82, 2.24) is 0 Å². The van der Waals surface area contributed by atoms with Crippen molar-refractivity contribution in [1.29, 1.82) is 0 Å². The second-order valence-corrected chi connectivity index (χ2v) is 7.69. The van der Waals surface area contributed by atoms with Crippen molar-refractivity contribution in [2.24, 2.45) is 3.77 Å². The van der Waals surface area contributed by atoms with E-state index in [1.165, 1.54) is 36.4 Å². The highest BCUT2D eigenvalue weighted by atomic mass is 35.7. The summed E-state index contributed by atoms with van der Waals surface area (Å²) in [5, 5.41) is 10.6. The van der Waals surface area contributed by atoms with Crippen molar-refractivity contribution >= 4 is 36.3 Å². The molecule has 0 aliphatic rings. The van der Waals surface area contributed by atoms with Gasteiger partial charge in [-0.05, 0) is 34.9 Å². The van der Waals surface area contributed by atoms with Crippen molar-refractivity contribution < 1.29 is 13.3 Å². The summed E-state index contributed by atoms with van der Waals surface area (Å²) in [5.74, 6) is 0. The molecule has 0 spiro atoms. The van der Waals surface area contributed by atoms with E-state index in [0.717, 1.165) is 0 Å². The van der Waals surface area contributed by atoms with Crippen LogP contribution in [-0.4, -0.2) is 13.3 Å². The molecule has 0 heterocycles. The van der Waals surface area contributed by atoms with E-state index in [4.69, 9.17) is 10.7 Å². The summed E-state index contributed by atoms with van der Waals surface area (Å²) in [6.45, 7) is 0. The first-order valence-corrected chi connectivity index (χ1v) is 9.03. The first-order valence-electron chi connectivity index (χ1n) is 5.58. The number of non-ortho nitro benzene ring substituents is 1. The largest absolute Gasteiger partial charge is 0.289 e. The molecule has 9 heteroatoms. The highest BCUT2D eigenvalue weighted by molar-refractivity contribution is 8.14. The maximum Gasteiger partial charge on any atom is 0.289 e. The normalized spacial score (nSPS) is 13.0. The minimum absolute atomic E-state index is 0.0464. The van der Waals surface area contributed by atoms with Gasteiger partial charge in [0.1, 0.15) is 0 Å². The topological polar surface area (TPSA) is 89.6 Å². The van der Waals surface area contributed by atoms with Gasteiger partial charge >= 0.3 is 0 Å². The van der Waals surface area contributed by atoms with Gasteiger partial charge in [0.2, 0.25) is 0 Å². The van der Waals surface area contributed by atoms with Crippen LogP contribution < -0.4 is 0 Å². The van der Waals surface area contributed by atoms with Crippen molar-refractivity contribution in [3.63, 3.8) is 0 Å². The zero-order chi connectivity index (χ0) is 15.5. The van der Waals surface area contributed by atoms with Crippen LogP contribution >= 0.6 is 10.7 Å². The Labute approximate surface area is 128 Å². The quantitative estimate of drug-likeness (QED) is 0.628. The molecule has 2 aromatic rings. The molecule has 0 fully saturated rings. The highest BCUT2D eigenvalue weighted by Gasteiger charge is 2.14. The Bertz CT molecular complexity index is 790. The van der Waals surface area contributed by atoms with Crippen LogP contribution in [0.5, 0.6) is 0 Å². The molecule has 0 amide bonds. The molecule has 0 aromatic heterocycles. The minimum Gasteiger partial charge on any atom is -0.258 e. The van der Waals surface area contributed by atoms with E-state index in [-0.39, 0.29) is 10.6 Å². The van der Waals surface area contributed by atoms with Gasteiger partial charge in [0.15, 0.2) is 0 Å². The molecule has 110 valence electrons. The number of sulfonamides is 1. The van der Waals surface area contributed by atoms with Gasteiger partial charge in [-0.3, -0.25) is 10.1 Å². The van der Waals surface area contributed by atoms with E-state index in [2.05, 4.69) is 3.77 Å². The molecule has 0 radical (unpaired) electrons. The Balaban J connectivity index is 2.35. The van der Waals surface area contributed by atoms with Crippen LogP contribution in [0.25, 0.3) is 0 Å². The van der Waals surface area contributed by atoms with E-state index in [1.54, 1.807) is 18.2 Å². The molecule has 2 rings (SSSR count). The molecular weight excluding hydrogens is 336 g/mol. The van der Waals surface area contributed by atoms with Gasteiger partial charge in [0, 0.05) is 26.9 Å². The molecule has 0 N–H and O–H groups in total. The third-order valence-corrected chi connectivity index (χ3v) is 6.33. The zero-order valence-electron chi connectivity index (χ0n) is 10.4. The fourth-order valence-corrected chi connectivity index (χ4v) is 4.66. The maximum atomic E-state index is 12.0. The van der Waals surface area contributed by atoms with Gasteiger partial charge in [0.05, 0.1) is 9.82 Å². The lowest BCUT2D eigenvalue weighted by Crippen LogP contribution is -1.98. The van der Waals surface area contributed by atoms with Gasteiger partial charge in [-0.2, -0.15) is 8.42 Å². The molecule has 1 atom stereocenters. The third kappa shape index (κ3) is 3.87. The standard InChI is InChI=1S/C12H9ClN2O4S2/c13-20(11-8-6-10(7-9-11)15(16)17)14-21(18,19)12-4-2-1-3-5-12/h1-9H. The lowest BCUT2D eigenvalue weighted by molar-refractivity contribution is -0.384. The molecule has 2 aromatic carbocycles. The third-order valence-electron chi connectivity index (χ3n) is 2.45. The molecule has 6 nitrogen and oxygen atoms in total. The summed E-state index contributed by atoms with van der Waals surface area (Å²) >= 11 is 0. The van der Waals surface area contributed by atoms with Gasteiger partial charge < -0.3 is 0 Å². The average molecular weight is 345 g/mol.